The average Bonchev–Trinajstić information content (AvgIpc) is 3.22. The predicted molar refractivity (Wildman–Crippen MR) is 87.6 cm³/mol. The molecule has 5 rings (SSSR count). The third-order valence-corrected chi connectivity index (χ3v) is 6.67. The number of halogens is 1. The molecule has 3 heterocycles. The lowest BCUT2D eigenvalue weighted by molar-refractivity contribution is -0.00948. The van der Waals surface area contributed by atoms with E-state index < -0.39 is 0 Å². The number of hydrogen-bond donors (Lipinski definition) is 0. The van der Waals surface area contributed by atoms with Crippen LogP contribution in [0.2, 0.25) is 5.02 Å². The molecule has 2 saturated carbocycles. The van der Waals surface area contributed by atoms with Crippen LogP contribution in [-0.2, 0) is 0 Å². The first-order valence-corrected chi connectivity index (χ1v) is 9.18. The van der Waals surface area contributed by atoms with E-state index in [9.17, 15) is 4.79 Å². The van der Waals surface area contributed by atoms with Crippen molar-refractivity contribution in [3.05, 3.63) is 16.9 Å². The summed E-state index contributed by atoms with van der Waals surface area (Å²) in [5.74, 6) is 2.96. The van der Waals surface area contributed by atoms with Gasteiger partial charge in [0.05, 0.1) is 11.2 Å². The highest BCUT2D eigenvalue weighted by atomic mass is 35.5. The Labute approximate surface area is 141 Å². The second-order valence-corrected chi connectivity index (χ2v) is 7.91. The summed E-state index contributed by atoms with van der Waals surface area (Å²) in [6.45, 7) is 2.82. The fourth-order valence-electron chi connectivity index (χ4n) is 5.27. The number of carbonyl (C=O) groups is 1. The number of aromatic nitrogens is 2. The summed E-state index contributed by atoms with van der Waals surface area (Å²) in [7, 11) is 0. The quantitative estimate of drug-likeness (QED) is 0.835. The van der Waals surface area contributed by atoms with E-state index in [-0.39, 0.29) is 5.91 Å². The molecule has 2 bridgehead atoms. The standard InChI is InChI=1S/C17H21ClN4O/c18-13-8-19-17(21-5-1-2-6-21)20-14(13)16(23)22-9-12-10-3-4-11(7-10)15(12)22/h8,10-12,15H,1-7,9H2/t10-,11-,12+,15-/m0/s1. The van der Waals surface area contributed by atoms with Crippen LogP contribution in [0.4, 0.5) is 5.95 Å². The van der Waals surface area contributed by atoms with Gasteiger partial charge in [0.2, 0.25) is 5.95 Å². The number of anilines is 1. The first-order valence-electron chi connectivity index (χ1n) is 8.81. The topological polar surface area (TPSA) is 49.3 Å². The summed E-state index contributed by atoms with van der Waals surface area (Å²) in [4.78, 5) is 26.0. The van der Waals surface area contributed by atoms with Gasteiger partial charge in [-0.25, -0.2) is 9.97 Å². The highest BCUT2D eigenvalue weighted by molar-refractivity contribution is 6.33. The molecule has 2 aliphatic carbocycles. The van der Waals surface area contributed by atoms with Crippen LogP contribution in [0.5, 0.6) is 0 Å². The van der Waals surface area contributed by atoms with Crippen LogP contribution in [0.25, 0.3) is 0 Å². The van der Waals surface area contributed by atoms with Crippen LogP contribution >= 0.6 is 11.6 Å². The first kappa shape index (κ1) is 14.0. The van der Waals surface area contributed by atoms with E-state index >= 15 is 0 Å². The molecule has 5 nitrogen and oxygen atoms in total. The van der Waals surface area contributed by atoms with Gasteiger partial charge in [0.1, 0.15) is 0 Å². The summed E-state index contributed by atoms with van der Waals surface area (Å²) in [5, 5.41) is 0.379. The molecule has 1 aromatic heterocycles. The van der Waals surface area contributed by atoms with Gasteiger partial charge in [-0.05, 0) is 43.9 Å². The third kappa shape index (κ3) is 2.02. The van der Waals surface area contributed by atoms with Crippen molar-refractivity contribution in [1.29, 1.82) is 0 Å². The Morgan fingerprint density at radius 3 is 2.78 bits per heavy atom. The van der Waals surface area contributed by atoms with Gasteiger partial charge in [0, 0.05) is 31.6 Å². The van der Waals surface area contributed by atoms with Gasteiger partial charge < -0.3 is 9.80 Å². The second kappa shape index (κ2) is 5.07. The van der Waals surface area contributed by atoms with Gasteiger partial charge in [-0.1, -0.05) is 11.6 Å². The van der Waals surface area contributed by atoms with E-state index in [0.717, 1.165) is 44.3 Å². The number of likely N-dealkylation sites (tertiary alicyclic amines) is 1. The molecule has 6 heteroatoms. The molecule has 0 N–H and O–H groups in total. The number of rotatable bonds is 2. The average molecular weight is 333 g/mol. The molecule has 0 unspecified atom stereocenters. The highest BCUT2D eigenvalue weighted by Crippen LogP contribution is 2.55. The molecule has 4 fully saturated rings. The van der Waals surface area contributed by atoms with E-state index in [1.165, 1.54) is 19.3 Å². The molecule has 0 spiro atoms. The van der Waals surface area contributed by atoms with Gasteiger partial charge in [-0.3, -0.25) is 4.79 Å². The lowest BCUT2D eigenvalue weighted by Gasteiger charge is -2.50. The van der Waals surface area contributed by atoms with Gasteiger partial charge in [-0.2, -0.15) is 0 Å². The molecule has 1 amide bonds. The fourth-order valence-corrected chi connectivity index (χ4v) is 5.44. The van der Waals surface area contributed by atoms with Gasteiger partial charge in [0.25, 0.3) is 5.91 Å². The highest BCUT2D eigenvalue weighted by Gasteiger charge is 2.58. The maximum atomic E-state index is 13.0. The zero-order valence-electron chi connectivity index (χ0n) is 13.1. The van der Waals surface area contributed by atoms with E-state index in [1.54, 1.807) is 6.20 Å². The van der Waals surface area contributed by atoms with E-state index in [0.29, 0.717) is 28.6 Å². The maximum absolute atomic E-state index is 13.0. The molecule has 2 aliphatic heterocycles. The van der Waals surface area contributed by atoms with Gasteiger partial charge in [-0.15, -0.1) is 0 Å². The zero-order chi connectivity index (χ0) is 15.6. The Balaban J connectivity index is 1.40. The summed E-state index contributed by atoms with van der Waals surface area (Å²) in [6, 6.07) is 0.447. The number of nitrogens with zero attached hydrogens (tertiary/aromatic N) is 4. The lowest BCUT2D eigenvalue weighted by Crippen LogP contribution is -2.61. The van der Waals surface area contributed by atoms with Crippen LogP contribution in [0, 0.1) is 17.8 Å². The summed E-state index contributed by atoms with van der Waals surface area (Å²) >= 11 is 6.25. The molecule has 122 valence electrons. The Morgan fingerprint density at radius 2 is 2.00 bits per heavy atom. The Hall–Kier alpha value is -1.36. The Bertz CT molecular complexity index is 658. The van der Waals surface area contributed by atoms with Crippen LogP contribution in [0.1, 0.15) is 42.6 Å². The van der Waals surface area contributed by atoms with Crippen LogP contribution in [0.15, 0.2) is 6.20 Å². The van der Waals surface area contributed by atoms with E-state index in [4.69, 9.17) is 11.6 Å². The normalized spacial score (nSPS) is 34.7. The van der Waals surface area contributed by atoms with Crippen LogP contribution in [-0.4, -0.2) is 46.5 Å². The number of amides is 1. The summed E-state index contributed by atoms with van der Waals surface area (Å²) in [6.07, 6.45) is 7.87. The van der Waals surface area contributed by atoms with Crippen molar-refractivity contribution in [2.45, 2.75) is 38.1 Å². The first-order chi connectivity index (χ1) is 11.2. The van der Waals surface area contributed by atoms with Crippen molar-refractivity contribution in [3.63, 3.8) is 0 Å². The molecule has 4 atom stereocenters. The van der Waals surface area contributed by atoms with Gasteiger partial charge in [0.15, 0.2) is 5.69 Å². The molecule has 2 saturated heterocycles. The molecule has 4 aliphatic rings. The fraction of sp³-hybridized carbons (Fsp3) is 0.706. The van der Waals surface area contributed by atoms with Crippen molar-refractivity contribution >= 4 is 23.5 Å². The Kier molecular flexibility index (Phi) is 3.09. The lowest BCUT2D eigenvalue weighted by atomic mass is 9.76. The van der Waals surface area contributed by atoms with Crippen molar-refractivity contribution in [2.75, 3.05) is 24.5 Å². The third-order valence-electron chi connectivity index (χ3n) is 6.39. The molecule has 1 aromatic rings. The zero-order valence-corrected chi connectivity index (χ0v) is 13.9. The van der Waals surface area contributed by atoms with Crippen LogP contribution < -0.4 is 4.90 Å². The summed E-state index contributed by atoms with van der Waals surface area (Å²) < 4.78 is 0. The monoisotopic (exact) mass is 332 g/mol. The molecular weight excluding hydrogens is 312 g/mol. The van der Waals surface area contributed by atoms with E-state index in [2.05, 4.69) is 14.9 Å². The summed E-state index contributed by atoms with van der Waals surface area (Å²) in [5.41, 5.74) is 0.393. The van der Waals surface area contributed by atoms with Crippen molar-refractivity contribution < 1.29 is 4.79 Å². The molecular formula is C17H21ClN4O. The van der Waals surface area contributed by atoms with Crippen molar-refractivity contribution in [3.8, 4) is 0 Å². The molecule has 0 radical (unpaired) electrons. The maximum Gasteiger partial charge on any atom is 0.274 e. The Morgan fingerprint density at radius 1 is 1.22 bits per heavy atom. The number of fused-ring (bicyclic) bond motifs is 5. The van der Waals surface area contributed by atoms with Crippen molar-refractivity contribution in [2.24, 2.45) is 17.8 Å². The smallest absolute Gasteiger partial charge is 0.274 e. The second-order valence-electron chi connectivity index (χ2n) is 7.51. The molecule has 23 heavy (non-hydrogen) atoms. The minimum absolute atomic E-state index is 0.00615. The van der Waals surface area contributed by atoms with Crippen LogP contribution in [0.3, 0.4) is 0 Å². The van der Waals surface area contributed by atoms with E-state index in [1.807, 2.05) is 4.90 Å². The largest absolute Gasteiger partial charge is 0.341 e. The minimum atomic E-state index is 0.00615. The SMILES string of the molecule is O=C(c1nc(N2CCCC2)ncc1Cl)N1C[C@@H]2[C@H]3CC[C@@H](C3)[C@@H]21. The van der Waals surface area contributed by atoms with Gasteiger partial charge >= 0.3 is 0 Å². The van der Waals surface area contributed by atoms with Crippen molar-refractivity contribution in [1.82, 2.24) is 14.9 Å². The number of carbonyl (C=O) groups excluding carboxylic acids is 1. The minimum Gasteiger partial charge on any atom is -0.341 e. The number of hydrogen-bond acceptors (Lipinski definition) is 4. The molecule has 0 aromatic carbocycles. The predicted octanol–water partition coefficient (Wildman–Crippen LogP) is 2.60.